The van der Waals surface area contributed by atoms with Crippen LogP contribution in [0.3, 0.4) is 0 Å². The molecule has 0 radical (unpaired) electrons. The Bertz CT molecular complexity index is 5240. The number of unbranched alkanes of at least 4 members (excludes halogenated alkanes) is 7. The average molecular weight is 1740 g/mol. The van der Waals surface area contributed by atoms with Crippen molar-refractivity contribution in [3.63, 3.8) is 0 Å². The van der Waals surface area contributed by atoms with Crippen LogP contribution < -0.4 is 37.9 Å². The number of aromatic hydroxyl groups is 5. The van der Waals surface area contributed by atoms with Crippen LogP contribution in [-0.2, 0) is 0 Å². The van der Waals surface area contributed by atoms with Gasteiger partial charge >= 0.3 is 0 Å². The molecule has 22 heteroatoms. The van der Waals surface area contributed by atoms with Gasteiger partial charge in [0.05, 0.1) is 86.7 Å². The van der Waals surface area contributed by atoms with E-state index in [4.69, 9.17) is 82.8 Å². The molecule has 0 fully saturated rings. The fourth-order valence-corrected chi connectivity index (χ4v) is 13.9. The summed E-state index contributed by atoms with van der Waals surface area (Å²) in [5, 5.41) is 55.3. The van der Waals surface area contributed by atoms with Gasteiger partial charge in [-0.2, -0.15) is 0 Å². The fourth-order valence-electron chi connectivity index (χ4n) is 13.9. The Morgan fingerprint density at radius 1 is 0.242 bits per heavy atom. The van der Waals surface area contributed by atoms with Gasteiger partial charge in [0.2, 0.25) is 0 Å². The number of aryl methyl sites for hydroxylation is 2. The van der Waals surface area contributed by atoms with Crippen LogP contribution in [-0.4, -0.2) is 124 Å². The molecular formula is C106H131N9O13. The van der Waals surface area contributed by atoms with Gasteiger partial charge in [0.15, 0.2) is 52.4 Å². The summed E-state index contributed by atoms with van der Waals surface area (Å²) in [4.78, 5) is 42.7. The standard InChI is InChI=1S/C38H49N3O4.C37H47N3O6.C31H35N3O3/c1-6-10-12-27(8-3)24-44-30-18-20-32(34(42)22-30)37-39-36(29-16-14-26(5)15-17-29)40-38(41-37)33-21-19-31(23-35(33)43)45-25-28(9-4)13-11-7-2;1-5-9-19-43-26-13-16-29(32(41)23-26)35-38-36(30-17-14-27(24-33(30)42)44-20-10-6-2)40-37(39-35)31-18-15-28(45-21-11-7-3)25-34(31)46-22-12-8-4;1-5-7-8-22(6-2)20-37-26-17-18-27(28(35)19-26)31-33-29(23-11-9-21(3)10-12-23)32-30(34-31)24-13-15-25(36-4)16-14-24/h14-23,27-28,42-43H,6-13,24-25H2,1-5H3;13-18,23-25,41-42H,5-12,19-22H2,1-4H3;9-19,22,35H,5-8,20H2,1-4H3. The molecule has 0 bridgehead atoms. The van der Waals surface area contributed by atoms with Gasteiger partial charge in [-0.1, -0.05) is 212 Å². The molecule has 0 saturated carbocycles. The fraction of sp³-hybridized carbons (Fsp3) is 0.406. The van der Waals surface area contributed by atoms with Crippen LogP contribution in [0.25, 0.3) is 102 Å². The lowest BCUT2D eigenvalue weighted by molar-refractivity contribution is 0.232. The molecule has 3 atom stereocenters. The maximum atomic E-state index is 11.1. The van der Waals surface area contributed by atoms with Crippen molar-refractivity contribution in [3.05, 3.63) is 193 Å². The minimum atomic E-state index is -0.0277. The number of phenols is 5. The number of rotatable bonds is 47. The van der Waals surface area contributed by atoms with Crippen LogP contribution in [0.15, 0.2) is 182 Å². The van der Waals surface area contributed by atoms with Crippen LogP contribution in [0.2, 0.25) is 0 Å². The molecule has 128 heavy (non-hydrogen) atoms. The molecule has 12 rings (SSSR count). The lowest BCUT2D eigenvalue weighted by Crippen LogP contribution is -2.11. The van der Waals surface area contributed by atoms with Crippen molar-refractivity contribution < 1.29 is 63.4 Å². The molecular weight excluding hydrogens is 1610 g/mol. The van der Waals surface area contributed by atoms with Crippen molar-refractivity contribution >= 4 is 0 Å². The molecule has 0 spiro atoms. The quantitative estimate of drug-likeness (QED) is 0.0221. The first kappa shape index (κ1) is 97.6. The predicted molar refractivity (Wildman–Crippen MR) is 511 cm³/mol. The second kappa shape index (κ2) is 51.3. The van der Waals surface area contributed by atoms with Gasteiger partial charge in [-0.15, -0.1) is 0 Å². The summed E-state index contributed by atoms with van der Waals surface area (Å²) in [7, 11) is 1.63. The lowest BCUT2D eigenvalue weighted by atomic mass is 10.0. The predicted octanol–water partition coefficient (Wildman–Crippen LogP) is 26.3. The number of methoxy groups -OCH3 is 1. The molecule has 0 saturated heterocycles. The topological polar surface area (TPSA) is 291 Å². The highest BCUT2D eigenvalue weighted by Gasteiger charge is 2.25. The first-order chi connectivity index (χ1) is 62.3. The van der Waals surface area contributed by atoms with Crippen molar-refractivity contribution in [1.29, 1.82) is 0 Å². The van der Waals surface area contributed by atoms with Crippen LogP contribution in [0.5, 0.6) is 74.7 Å². The number of benzene rings is 9. The van der Waals surface area contributed by atoms with E-state index in [-0.39, 0.29) is 40.4 Å². The molecule has 0 aliphatic heterocycles. The van der Waals surface area contributed by atoms with E-state index < -0.39 is 0 Å². The van der Waals surface area contributed by atoms with E-state index in [0.29, 0.717) is 178 Å². The van der Waals surface area contributed by atoms with Crippen molar-refractivity contribution in [2.24, 2.45) is 17.8 Å². The summed E-state index contributed by atoms with van der Waals surface area (Å²) in [6, 6.07) is 55.1. The van der Waals surface area contributed by atoms with Crippen LogP contribution >= 0.6 is 0 Å². The first-order valence-electron chi connectivity index (χ1n) is 46.1. The Labute approximate surface area is 757 Å². The van der Waals surface area contributed by atoms with E-state index >= 15 is 0 Å². The Morgan fingerprint density at radius 3 is 0.734 bits per heavy atom. The summed E-state index contributed by atoms with van der Waals surface area (Å²) in [5.41, 5.74) is 7.66. The largest absolute Gasteiger partial charge is 0.507 e. The highest BCUT2D eigenvalue weighted by molar-refractivity contribution is 5.77. The normalized spacial score (nSPS) is 11.8. The zero-order valence-electron chi connectivity index (χ0n) is 77.2. The highest BCUT2D eigenvalue weighted by Crippen LogP contribution is 2.42. The van der Waals surface area contributed by atoms with Crippen molar-refractivity contribution in [2.75, 3.05) is 53.4 Å². The van der Waals surface area contributed by atoms with E-state index in [9.17, 15) is 25.5 Å². The number of hydrogen-bond acceptors (Lipinski definition) is 22. The minimum absolute atomic E-state index is 0.0163. The van der Waals surface area contributed by atoms with Crippen molar-refractivity contribution in [1.82, 2.24) is 44.9 Å². The zero-order chi connectivity index (χ0) is 91.1. The molecule has 0 amide bonds. The Hall–Kier alpha value is -12.6. The second-order valence-electron chi connectivity index (χ2n) is 32.4. The number of nitrogens with zero attached hydrogens (tertiary/aromatic N) is 9. The summed E-state index contributed by atoms with van der Waals surface area (Å²) in [6.07, 6.45) is 21.4. The number of hydrogen-bond donors (Lipinski definition) is 5. The minimum Gasteiger partial charge on any atom is -0.507 e. The van der Waals surface area contributed by atoms with Gasteiger partial charge in [0.1, 0.15) is 74.7 Å². The van der Waals surface area contributed by atoms with Crippen LogP contribution in [0.1, 0.15) is 209 Å². The Morgan fingerprint density at radius 2 is 0.469 bits per heavy atom. The van der Waals surface area contributed by atoms with E-state index in [1.54, 1.807) is 73.8 Å². The SMILES string of the molecule is CCCCC(CC)COc1ccc(-c2nc(-c3ccc(C)cc3)nc(-c3ccc(OC)cc3)n2)c(O)c1.CCCCC(CC)COc1ccc(-c2nc(-c3ccc(C)cc3)nc(-c3ccc(OCC(CC)CCCC)cc3O)n2)c(O)c1.CCCCOc1ccc(-c2nc(-c3ccc(OCCCC)cc3O)nc(-c3ccc(OCCCC)cc3OCCCC)n2)c(O)c1. The summed E-state index contributed by atoms with van der Waals surface area (Å²) in [5.74, 6) is 9.83. The molecule has 5 N–H and O–H groups in total. The monoisotopic (exact) mass is 1740 g/mol. The number of ether oxygens (including phenoxy) is 8. The third-order valence-electron chi connectivity index (χ3n) is 22.3. The zero-order valence-corrected chi connectivity index (χ0v) is 77.2. The molecule has 3 unspecified atom stereocenters. The maximum absolute atomic E-state index is 11.1. The van der Waals surface area contributed by atoms with Crippen molar-refractivity contribution in [2.45, 2.75) is 212 Å². The molecule has 12 aromatic rings. The van der Waals surface area contributed by atoms with Gasteiger partial charge in [-0.25, -0.2) is 44.9 Å². The number of aromatic nitrogens is 9. The molecule has 0 aliphatic rings. The van der Waals surface area contributed by atoms with E-state index in [1.165, 1.54) is 38.5 Å². The van der Waals surface area contributed by atoms with Gasteiger partial charge in [0.25, 0.3) is 0 Å². The summed E-state index contributed by atoms with van der Waals surface area (Å²) >= 11 is 0. The van der Waals surface area contributed by atoms with Gasteiger partial charge < -0.3 is 63.4 Å². The van der Waals surface area contributed by atoms with E-state index in [2.05, 4.69) is 69.2 Å². The van der Waals surface area contributed by atoms with Crippen LogP contribution in [0, 0.1) is 31.6 Å². The van der Waals surface area contributed by atoms with E-state index in [1.807, 2.05) is 129 Å². The van der Waals surface area contributed by atoms with Gasteiger partial charge in [-0.3, -0.25) is 0 Å². The first-order valence-corrected chi connectivity index (χ1v) is 46.1. The Balaban J connectivity index is 0.000000201. The van der Waals surface area contributed by atoms with Crippen molar-refractivity contribution in [3.8, 4) is 177 Å². The molecule has 678 valence electrons. The second-order valence-corrected chi connectivity index (χ2v) is 32.4. The lowest BCUT2D eigenvalue weighted by Gasteiger charge is -2.16. The molecule has 3 aromatic heterocycles. The molecule has 3 heterocycles. The smallest absolute Gasteiger partial charge is 0.167 e. The Kier molecular flexibility index (Phi) is 39.1. The summed E-state index contributed by atoms with van der Waals surface area (Å²) in [6.45, 7) is 29.8. The van der Waals surface area contributed by atoms with Gasteiger partial charge in [-0.05, 0) is 174 Å². The van der Waals surface area contributed by atoms with Crippen LogP contribution in [0.4, 0.5) is 0 Å². The summed E-state index contributed by atoms with van der Waals surface area (Å²) < 4.78 is 47.2. The molecule has 22 nitrogen and oxygen atoms in total. The average Bonchev–Trinajstić information content (AvgIpc) is 0.798. The molecule has 9 aromatic carbocycles. The third-order valence-corrected chi connectivity index (χ3v) is 22.3. The third kappa shape index (κ3) is 29.0. The number of phenolic OH excluding ortho intramolecular Hbond substituents is 5. The van der Waals surface area contributed by atoms with E-state index in [0.717, 1.165) is 123 Å². The molecule has 0 aliphatic carbocycles. The maximum Gasteiger partial charge on any atom is 0.167 e. The van der Waals surface area contributed by atoms with Gasteiger partial charge in [0, 0.05) is 53.1 Å². The highest BCUT2D eigenvalue weighted by atomic mass is 16.5.